The zero-order valence-electron chi connectivity index (χ0n) is 16.1. The number of amides is 1. The average Bonchev–Trinajstić information content (AvgIpc) is 2.74. The Morgan fingerprint density at radius 1 is 1.10 bits per heavy atom. The lowest BCUT2D eigenvalue weighted by Gasteiger charge is -2.29. The molecule has 0 saturated carbocycles. The number of ether oxygens (including phenoxy) is 2. The van der Waals surface area contributed by atoms with Gasteiger partial charge in [0.1, 0.15) is 0 Å². The molecule has 0 aliphatic carbocycles. The summed E-state index contributed by atoms with van der Waals surface area (Å²) in [6.07, 6.45) is 0. The van der Waals surface area contributed by atoms with Crippen molar-refractivity contribution in [2.45, 2.75) is 6.54 Å². The summed E-state index contributed by atoms with van der Waals surface area (Å²) in [5.41, 5.74) is 8.62. The van der Waals surface area contributed by atoms with E-state index in [0.29, 0.717) is 36.6 Å². The molecule has 1 amide bonds. The van der Waals surface area contributed by atoms with Crippen molar-refractivity contribution >= 4 is 48.1 Å². The van der Waals surface area contributed by atoms with Gasteiger partial charge in [0.2, 0.25) is 0 Å². The van der Waals surface area contributed by atoms with E-state index in [-0.39, 0.29) is 30.7 Å². The Morgan fingerprint density at radius 2 is 1.76 bits per heavy atom. The highest BCUT2D eigenvalue weighted by molar-refractivity contribution is 6.08. The van der Waals surface area contributed by atoms with Crippen LogP contribution in [-0.4, -0.2) is 45.3 Å². The predicted molar refractivity (Wildman–Crippen MR) is 118 cm³/mol. The monoisotopic (exact) mass is 441 g/mol. The molecule has 1 heterocycles. The first kappa shape index (κ1) is 24.7. The Kier molecular flexibility index (Phi) is 9.91. The van der Waals surface area contributed by atoms with Gasteiger partial charge in [0.15, 0.2) is 0 Å². The van der Waals surface area contributed by atoms with Crippen LogP contribution in [-0.2, 0) is 16.0 Å². The maximum atomic E-state index is 12.5. The van der Waals surface area contributed by atoms with Crippen LogP contribution in [0.1, 0.15) is 26.3 Å². The smallest absolute Gasteiger partial charge is 0.340 e. The lowest BCUT2D eigenvalue weighted by molar-refractivity contribution is 0.0602. The number of esters is 1. The summed E-state index contributed by atoms with van der Waals surface area (Å²) in [5, 5.41) is 2.80. The standard InChI is InChI=1S/C20H23N3O4.2ClH/c1-26-20(25)17-12-16(23-8-10-27-11-9-23)6-7-18(17)22-19(24)15-4-2-14(13-21)3-5-15;;/h2-7,12H,8-11,13,21H2,1H3,(H,22,24);2*1H. The van der Waals surface area contributed by atoms with Crippen LogP contribution in [0.4, 0.5) is 11.4 Å². The lowest BCUT2D eigenvalue weighted by atomic mass is 10.1. The van der Waals surface area contributed by atoms with Crippen molar-refractivity contribution in [1.82, 2.24) is 0 Å². The van der Waals surface area contributed by atoms with Crippen LogP contribution < -0.4 is 16.0 Å². The molecule has 0 radical (unpaired) electrons. The molecule has 158 valence electrons. The summed E-state index contributed by atoms with van der Waals surface area (Å²) in [5.74, 6) is -0.804. The summed E-state index contributed by atoms with van der Waals surface area (Å²) < 4.78 is 10.3. The van der Waals surface area contributed by atoms with Crippen molar-refractivity contribution in [1.29, 1.82) is 0 Å². The molecule has 0 aromatic heterocycles. The zero-order valence-corrected chi connectivity index (χ0v) is 17.7. The summed E-state index contributed by atoms with van der Waals surface area (Å²) in [6, 6.07) is 12.4. The number of hydrogen-bond donors (Lipinski definition) is 2. The van der Waals surface area contributed by atoms with Crippen LogP contribution in [0.2, 0.25) is 0 Å². The number of carbonyl (C=O) groups excluding carboxylic acids is 2. The number of carbonyl (C=O) groups is 2. The molecule has 1 aliphatic rings. The minimum atomic E-state index is -0.501. The van der Waals surface area contributed by atoms with Crippen LogP contribution in [0.15, 0.2) is 42.5 Å². The molecule has 7 nitrogen and oxygen atoms in total. The van der Waals surface area contributed by atoms with E-state index in [2.05, 4.69) is 10.2 Å². The molecule has 1 fully saturated rings. The van der Waals surface area contributed by atoms with E-state index in [9.17, 15) is 9.59 Å². The SMILES string of the molecule is COC(=O)c1cc(N2CCOCC2)ccc1NC(=O)c1ccc(CN)cc1.Cl.Cl. The maximum absolute atomic E-state index is 12.5. The molecule has 9 heteroatoms. The fraction of sp³-hybridized carbons (Fsp3) is 0.300. The first-order valence-corrected chi connectivity index (χ1v) is 8.78. The molecule has 2 aromatic rings. The van der Waals surface area contributed by atoms with Crippen molar-refractivity contribution in [3.63, 3.8) is 0 Å². The molecular weight excluding hydrogens is 417 g/mol. The van der Waals surface area contributed by atoms with Gasteiger partial charge in [0.25, 0.3) is 5.91 Å². The Hall–Kier alpha value is -2.32. The van der Waals surface area contributed by atoms with Crippen LogP contribution in [0.25, 0.3) is 0 Å². The second kappa shape index (κ2) is 11.6. The van der Waals surface area contributed by atoms with E-state index in [0.717, 1.165) is 24.3 Å². The molecule has 1 saturated heterocycles. The van der Waals surface area contributed by atoms with Gasteiger partial charge >= 0.3 is 5.97 Å². The summed E-state index contributed by atoms with van der Waals surface area (Å²) in [7, 11) is 1.32. The highest BCUT2D eigenvalue weighted by atomic mass is 35.5. The summed E-state index contributed by atoms with van der Waals surface area (Å²) in [6.45, 7) is 3.20. The Balaban J connectivity index is 0.00000210. The van der Waals surface area contributed by atoms with Crippen LogP contribution >= 0.6 is 24.8 Å². The fourth-order valence-electron chi connectivity index (χ4n) is 2.93. The van der Waals surface area contributed by atoms with Gasteiger partial charge in [-0.15, -0.1) is 24.8 Å². The first-order valence-electron chi connectivity index (χ1n) is 8.78. The molecule has 0 unspecified atom stereocenters. The third-order valence-electron chi connectivity index (χ3n) is 4.48. The van der Waals surface area contributed by atoms with Crippen molar-refractivity contribution < 1.29 is 19.1 Å². The van der Waals surface area contributed by atoms with E-state index in [1.54, 1.807) is 36.4 Å². The quantitative estimate of drug-likeness (QED) is 0.692. The second-order valence-corrected chi connectivity index (χ2v) is 6.18. The number of methoxy groups -OCH3 is 1. The number of hydrogen-bond acceptors (Lipinski definition) is 6. The van der Waals surface area contributed by atoms with Crippen LogP contribution in [0.5, 0.6) is 0 Å². The average molecular weight is 442 g/mol. The fourth-order valence-corrected chi connectivity index (χ4v) is 2.93. The number of nitrogens with one attached hydrogen (secondary N) is 1. The van der Waals surface area contributed by atoms with Crippen molar-refractivity contribution in [3.8, 4) is 0 Å². The third kappa shape index (κ3) is 6.08. The third-order valence-corrected chi connectivity index (χ3v) is 4.48. The number of anilines is 2. The Labute approximate surface area is 182 Å². The minimum absolute atomic E-state index is 0. The van der Waals surface area contributed by atoms with Gasteiger partial charge in [0, 0.05) is 30.9 Å². The van der Waals surface area contributed by atoms with Gasteiger partial charge in [-0.05, 0) is 35.9 Å². The highest BCUT2D eigenvalue weighted by Gasteiger charge is 2.19. The molecule has 0 atom stereocenters. The molecule has 1 aliphatic heterocycles. The number of halogens is 2. The molecular formula is C20H25Cl2N3O4. The van der Waals surface area contributed by atoms with E-state index in [1.807, 2.05) is 6.07 Å². The van der Waals surface area contributed by atoms with Crippen LogP contribution in [0.3, 0.4) is 0 Å². The van der Waals surface area contributed by atoms with Gasteiger partial charge in [-0.3, -0.25) is 4.79 Å². The number of nitrogens with two attached hydrogens (primary N) is 1. The summed E-state index contributed by atoms with van der Waals surface area (Å²) in [4.78, 5) is 26.9. The molecule has 0 bridgehead atoms. The summed E-state index contributed by atoms with van der Waals surface area (Å²) >= 11 is 0. The number of morpholine rings is 1. The Morgan fingerprint density at radius 3 is 2.34 bits per heavy atom. The van der Waals surface area contributed by atoms with Gasteiger partial charge in [-0.2, -0.15) is 0 Å². The topological polar surface area (TPSA) is 93.9 Å². The van der Waals surface area contributed by atoms with Gasteiger partial charge < -0.3 is 25.4 Å². The van der Waals surface area contributed by atoms with E-state index in [1.165, 1.54) is 7.11 Å². The zero-order chi connectivity index (χ0) is 19.2. The van der Waals surface area contributed by atoms with Crippen molar-refractivity contribution in [2.75, 3.05) is 43.6 Å². The van der Waals surface area contributed by atoms with E-state index < -0.39 is 5.97 Å². The van der Waals surface area contributed by atoms with Crippen LogP contribution in [0, 0.1) is 0 Å². The molecule has 2 aromatic carbocycles. The molecule has 0 spiro atoms. The van der Waals surface area contributed by atoms with Crippen molar-refractivity contribution in [2.24, 2.45) is 5.73 Å². The number of rotatable bonds is 5. The Bertz CT molecular complexity index is 825. The largest absolute Gasteiger partial charge is 0.465 e. The van der Waals surface area contributed by atoms with Gasteiger partial charge in [-0.1, -0.05) is 12.1 Å². The van der Waals surface area contributed by atoms with E-state index in [4.69, 9.17) is 15.2 Å². The molecule has 3 N–H and O–H groups in total. The molecule has 3 rings (SSSR count). The number of benzene rings is 2. The number of nitrogens with zero attached hydrogens (tertiary/aromatic N) is 1. The van der Waals surface area contributed by atoms with Crippen molar-refractivity contribution in [3.05, 3.63) is 59.2 Å². The second-order valence-electron chi connectivity index (χ2n) is 6.18. The first-order chi connectivity index (χ1) is 13.1. The van der Waals surface area contributed by atoms with Gasteiger partial charge in [0.05, 0.1) is 31.6 Å². The van der Waals surface area contributed by atoms with E-state index >= 15 is 0 Å². The maximum Gasteiger partial charge on any atom is 0.340 e. The minimum Gasteiger partial charge on any atom is -0.465 e. The predicted octanol–water partition coefficient (Wildman–Crippen LogP) is 2.86. The van der Waals surface area contributed by atoms with Gasteiger partial charge in [-0.25, -0.2) is 4.79 Å². The molecule has 29 heavy (non-hydrogen) atoms. The lowest BCUT2D eigenvalue weighted by Crippen LogP contribution is -2.36. The normalized spacial score (nSPS) is 13.0. The highest BCUT2D eigenvalue weighted by Crippen LogP contribution is 2.25.